The van der Waals surface area contributed by atoms with E-state index in [1.807, 2.05) is 19.9 Å². The van der Waals surface area contributed by atoms with Gasteiger partial charge in [0.15, 0.2) is 11.6 Å². The summed E-state index contributed by atoms with van der Waals surface area (Å²) in [6.45, 7) is 3.93. The van der Waals surface area contributed by atoms with Gasteiger partial charge in [-0.05, 0) is 38.3 Å². The minimum atomic E-state index is -0.471. The van der Waals surface area contributed by atoms with Crippen molar-refractivity contribution in [3.05, 3.63) is 29.3 Å². The monoisotopic (exact) mass is 329 g/mol. The average Bonchev–Trinajstić information content (AvgIpc) is 2.90. The highest BCUT2D eigenvalue weighted by molar-refractivity contribution is 5.75. The van der Waals surface area contributed by atoms with Crippen molar-refractivity contribution in [1.29, 1.82) is 0 Å². The first-order chi connectivity index (χ1) is 11.5. The van der Waals surface area contributed by atoms with Crippen molar-refractivity contribution in [2.75, 3.05) is 0 Å². The Hall–Kier alpha value is -2.28. The van der Waals surface area contributed by atoms with Crippen LogP contribution in [0.2, 0.25) is 0 Å². The summed E-state index contributed by atoms with van der Waals surface area (Å²) < 4.78 is 1.77. The second-order valence-corrected chi connectivity index (χ2v) is 6.50. The summed E-state index contributed by atoms with van der Waals surface area (Å²) in [7, 11) is 0. The maximum Gasteiger partial charge on any atom is 0.225 e. The molecule has 7 nitrogen and oxygen atoms in total. The Bertz CT molecular complexity index is 755. The summed E-state index contributed by atoms with van der Waals surface area (Å²) in [5.74, 6) is 0.555. The van der Waals surface area contributed by atoms with Crippen LogP contribution in [0.25, 0.3) is 11.4 Å². The number of hydrogen-bond donors (Lipinski definition) is 2. The lowest BCUT2D eigenvalue weighted by Gasteiger charge is -2.28. The fraction of sp³-hybridized carbons (Fsp3) is 0.529. The number of aliphatic hydroxyl groups excluding tert-OH is 1. The molecule has 1 saturated carbocycles. The molecule has 3 rings (SSSR count). The molecule has 7 heteroatoms. The van der Waals surface area contributed by atoms with Gasteiger partial charge in [-0.1, -0.05) is 12.8 Å². The number of carbonyl (C=O) groups is 1. The lowest BCUT2D eigenvalue weighted by molar-refractivity contribution is -0.117. The van der Waals surface area contributed by atoms with E-state index in [-0.39, 0.29) is 12.5 Å². The van der Waals surface area contributed by atoms with Gasteiger partial charge in [0.25, 0.3) is 0 Å². The predicted molar refractivity (Wildman–Crippen MR) is 89.1 cm³/mol. The van der Waals surface area contributed by atoms with Gasteiger partial charge >= 0.3 is 0 Å². The molecule has 0 unspecified atom stereocenters. The van der Waals surface area contributed by atoms with E-state index in [1.165, 1.54) is 0 Å². The van der Waals surface area contributed by atoms with Crippen LogP contribution in [0.3, 0.4) is 0 Å². The number of amides is 1. The molecule has 128 valence electrons. The number of nitrogens with two attached hydrogens (primary N) is 1. The Morgan fingerprint density at radius 3 is 2.79 bits per heavy atom. The fourth-order valence-corrected chi connectivity index (χ4v) is 3.32. The predicted octanol–water partition coefficient (Wildman–Crippen LogP) is 1.46. The third-order valence-electron chi connectivity index (χ3n) is 4.50. The number of hydrogen-bond acceptors (Lipinski definition) is 5. The van der Waals surface area contributed by atoms with Gasteiger partial charge in [-0.3, -0.25) is 9.78 Å². The van der Waals surface area contributed by atoms with E-state index in [9.17, 15) is 9.90 Å². The Balaban J connectivity index is 2.08. The molecule has 0 bridgehead atoms. The minimum absolute atomic E-state index is 0.0127. The number of pyridine rings is 1. The van der Waals surface area contributed by atoms with Crippen molar-refractivity contribution in [2.45, 2.75) is 58.1 Å². The third-order valence-corrected chi connectivity index (χ3v) is 4.50. The van der Waals surface area contributed by atoms with E-state index in [2.05, 4.69) is 15.1 Å². The molecule has 1 amide bonds. The van der Waals surface area contributed by atoms with E-state index >= 15 is 0 Å². The first-order valence-electron chi connectivity index (χ1n) is 8.31. The molecule has 0 aromatic carbocycles. The van der Waals surface area contributed by atoms with Crippen LogP contribution in [0.15, 0.2) is 12.3 Å². The Morgan fingerprint density at radius 2 is 2.12 bits per heavy atom. The van der Waals surface area contributed by atoms with Crippen LogP contribution in [-0.4, -0.2) is 36.9 Å². The largest absolute Gasteiger partial charge is 0.391 e. The van der Waals surface area contributed by atoms with Gasteiger partial charge in [0, 0.05) is 17.5 Å². The number of rotatable bonds is 4. The Labute approximate surface area is 140 Å². The highest BCUT2D eigenvalue weighted by Crippen LogP contribution is 2.32. The van der Waals surface area contributed by atoms with Crippen molar-refractivity contribution in [3.8, 4) is 11.4 Å². The van der Waals surface area contributed by atoms with E-state index in [1.54, 1.807) is 10.9 Å². The molecule has 1 aliphatic carbocycles. The van der Waals surface area contributed by atoms with E-state index < -0.39 is 12.0 Å². The number of aromatic nitrogens is 4. The number of aryl methyl sites for hydroxylation is 2. The average molecular weight is 329 g/mol. The summed E-state index contributed by atoms with van der Waals surface area (Å²) >= 11 is 0. The van der Waals surface area contributed by atoms with Gasteiger partial charge in [0.1, 0.15) is 0 Å². The van der Waals surface area contributed by atoms with Crippen LogP contribution in [0.1, 0.15) is 48.8 Å². The molecule has 0 radical (unpaired) electrons. The number of primary amides is 1. The third kappa shape index (κ3) is 3.31. The van der Waals surface area contributed by atoms with Crippen molar-refractivity contribution in [2.24, 2.45) is 5.73 Å². The molecule has 2 aromatic rings. The first kappa shape index (κ1) is 16.6. The summed E-state index contributed by atoms with van der Waals surface area (Å²) in [6, 6.07) is 1.85. The van der Waals surface area contributed by atoms with Gasteiger partial charge < -0.3 is 10.8 Å². The molecule has 24 heavy (non-hydrogen) atoms. The van der Waals surface area contributed by atoms with Gasteiger partial charge in [0.2, 0.25) is 5.91 Å². The zero-order chi connectivity index (χ0) is 17.3. The quantitative estimate of drug-likeness (QED) is 0.883. The zero-order valence-electron chi connectivity index (χ0n) is 14.1. The Kier molecular flexibility index (Phi) is 4.62. The number of nitrogens with zero attached hydrogens (tertiary/aromatic N) is 4. The topological polar surface area (TPSA) is 107 Å². The second kappa shape index (κ2) is 6.68. The first-order valence-corrected chi connectivity index (χ1v) is 8.31. The van der Waals surface area contributed by atoms with E-state index in [0.29, 0.717) is 11.6 Å². The molecule has 2 heterocycles. The zero-order valence-corrected chi connectivity index (χ0v) is 14.1. The van der Waals surface area contributed by atoms with Crippen LogP contribution in [0, 0.1) is 13.8 Å². The smallest absolute Gasteiger partial charge is 0.225 e. The normalized spacial score (nSPS) is 21.0. The summed E-state index contributed by atoms with van der Waals surface area (Å²) in [4.78, 5) is 20.1. The highest BCUT2D eigenvalue weighted by Gasteiger charge is 2.29. The minimum Gasteiger partial charge on any atom is -0.391 e. The molecular formula is C17H23N5O2. The van der Waals surface area contributed by atoms with E-state index in [4.69, 9.17) is 5.73 Å². The van der Waals surface area contributed by atoms with Crippen LogP contribution in [0.4, 0.5) is 0 Å². The standard InChI is InChI=1S/C17H23N5O2/c1-10-7-11(2)19-9-12(10)17-20-16(8-15(18)24)21-22(17)13-5-3-4-6-14(13)23/h7,9,13-14,23H,3-6,8H2,1-2H3,(H2,18,24)/t13-,14-/m1/s1. The maximum absolute atomic E-state index is 11.2. The van der Waals surface area contributed by atoms with Crippen LogP contribution >= 0.6 is 0 Å². The fourth-order valence-electron chi connectivity index (χ4n) is 3.32. The molecule has 2 atom stereocenters. The van der Waals surface area contributed by atoms with Gasteiger partial charge in [-0.15, -0.1) is 0 Å². The van der Waals surface area contributed by atoms with Crippen molar-refractivity contribution >= 4 is 5.91 Å². The van der Waals surface area contributed by atoms with Crippen LogP contribution < -0.4 is 5.73 Å². The summed E-state index contributed by atoms with van der Waals surface area (Å²) in [5.41, 5.74) is 8.11. The molecule has 0 saturated heterocycles. The molecule has 0 spiro atoms. The van der Waals surface area contributed by atoms with Gasteiger partial charge in [-0.25, -0.2) is 9.67 Å². The van der Waals surface area contributed by atoms with Gasteiger partial charge in [-0.2, -0.15) is 5.10 Å². The summed E-state index contributed by atoms with van der Waals surface area (Å²) in [6.07, 6.45) is 4.94. The molecular weight excluding hydrogens is 306 g/mol. The van der Waals surface area contributed by atoms with Gasteiger partial charge in [0.05, 0.1) is 18.6 Å². The van der Waals surface area contributed by atoms with Crippen LogP contribution in [-0.2, 0) is 11.2 Å². The van der Waals surface area contributed by atoms with Crippen molar-refractivity contribution < 1.29 is 9.90 Å². The Morgan fingerprint density at radius 1 is 1.38 bits per heavy atom. The lowest BCUT2D eigenvalue weighted by atomic mass is 9.92. The molecule has 1 aliphatic rings. The SMILES string of the molecule is Cc1cc(C)c(-c2nc(CC(N)=O)nn2[C@@H]2CCCC[C@H]2O)cn1. The van der Waals surface area contributed by atoms with E-state index in [0.717, 1.165) is 42.5 Å². The van der Waals surface area contributed by atoms with Crippen molar-refractivity contribution in [1.82, 2.24) is 19.7 Å². The number of aliphatic hydroxyl groups is 1. The lowest BCUT2D eigenvalue weighted by Crippen LogP contribution is -2.29. The van der Waals surface area contributed by atoms with Crippen molar-refractivity contribution in [3.63, 3.8) is 0 Å². The second-order valence-electron chi connectivity index (χ2n) is 6.50. The number of carbonyl (C=O) groups excluding carboxylic acids is 1. The molecule has 1 fully saturated rings. The maximum atomic E-state index is 11.2. The van der Waals surface area contributed by atoms with Crippen LogP contribution in [0.5, 0.6) is 0 Å². The molecule has 3 N–H and O–H groups in total. The highest BCUT2D eigenvalue weighted by atomic mass is 16.3. The molecule has 2 aromatic heterocycles. The summed E-state index contributed by atoms with van der Waals surface area (Å²) in [5, 5.41) is 14.9. The molecule has 0 aliphatic heterocycles.